The van der Waals surface area contributed by atoms with Gasteiger partial charge in [0.1, 0.15) is 23.1 Å². The van der Waals surface area contributed by atoms with Crippen LogP contribution in [0.2, 0.25) is 0 Å². The Bertz CT molecular complexity index is 3540. The maximum atomic E-state index is 14.6. The average Bonchev–Trinajstić information content (AvgIpc) is 3.41. The number of rotatable bonds is 20. The number of nitrogens with zero attached hydrogens (tertiary/aromatic N) is 2. The van der Waals surface area contributed by atoms with E-state index in [1.54, 1.807) is 104 Å². The fraction of sp³-hybridized carbons (Fsp3) is 0.193. The zero-order valence-electron chi connectivity index (χ0n) is 43.2. The average molecular weight is 1080 g/mol. The van der Waals surface area contributed by atoms with Crippen molar-refractivity contribution in [2.75, 3.05) is 40.6 Å². The van der Waals surface area contributed by atoms with Gasteiger partial charge in [-0.3, -0.25) is 19.0 Å². The van der Waals surface area contributed by atoms with Crippen LogP contribution < -0.4 is 47.6 Å². The van der Waals surface area contributed by atoms with Crippen LogP contribution in [0.15, 0.2) is 180 Å². The largest absolute Gasteiger partial charge is 1.00 e. The number of ether oxygens (including phenoxy) is 3. The monoisotopic (exact) mass is 1080 g/mol. The van der Waals surface area contributed by atoms with Gasteiger partial charge >= 0.3 is 30.8 Å². The van der Waals surface area contributed by atoms with Crippen molar-refractivity contribution < 1.29 is 78.9 Å². The Balaban J connectivity index is 0.000000277. The summed E-state index contributed by atoms with van der Waals surface area (Å²) in [4.78, 5) is 27.6. The van der Waals surface area contributed by atoms with Crippen molar-refractivity contribution >= 4 is 76.3 Å². The number of hydrogen-bond donors (Lipinski definition) is 3. The second-order valence-corrected chi connectivity index (χ2v) is 20.8. The first kappa shape index (κ1) is 60.2. The van der Waals surface area contributed by atoms with Crippen molar-refractivity contribution in [3.8, 4) is 11.5 Å². The van der Waals surface area contributed by atoms with Crippen LogP contribution in [-0.4, -0.2) is 72.8 Å². The molecule has 0 aliphatic heterocycles. The number of carboxylic acids is 1. The molecule has 0 saturated carbocycles. The number of hydrogen-bond acceptors (Lipinski definition) is 12. The maximum absolute atomic E-state index is 14.6. The number of anilines is 4. The Morgan fingerprint density at radius 1 is 0.519 bits per heavy atom. The number of carbonyl (C=O) groups is 2. The summed E-state index contributed by atoms with van der Waals surface area (Å²) in [5.41, 5.74) is 3.05. The van der Waals surface area contributed by atoms with Crippen molar-refractivity contribution in [3.05, 3.63) is 193 Å². The van der Waals surface area contributed by atoms with E-state index >= 15 is 0 Å². The van der Waals surface area contributed by atoms with E-state index in [4.69, 9.17) is 14.2 Å². The molecule has 0 aliphatic rings. The van der Waals surface area contributed by atoms with Gasteiger partial charge in [-0.15, -0.1) is 0 Å². The minimum Gasteiger partial charge on any atom is -0.870 e. The number of carboxylic acid groups (broad SMARTS) is 1. The fourth-order valence-electron chi connectivity index (χ4n) is 8.54. The van der Waals surface area contributed by atoms with Crippen LogP contribution in [-0.2, 0) is 47.5 Å². The number of benzene rings is 8. The molecule has 398 valence electrons. The SMILES string of the molecule is COC(=O)C[C@H](C)N(Cc1ccccc1F)c1ccc(NS(=O)(=O)c2ccc(OC)cc2)c2ccccc12.COc1ccc(S(=O)(=O)Nc2ccc(N(Cc3ccccc3F)[C@@H](C)CC(=O)O)c3ccccc23)cc1.[Li+].[OH-]. The van der Waals surface area contributed by atoms with Gasteiger partial charge < -0.3 is 34.6 Å². The number of carbonyl (C=O) groups excluding carboxylic acids is 1. The van der Waals surface area contributed by atoms with Crippen LogP contribution in [0.25, 0.3) is 21.5 Å². The van der Waals surface area contributed by atoms with E-state index in [1.165, 1.54) is 57.7 Å². The van der Waals surface area contributed by atoms with Gasteiger partial charge in [-0.1, -0.05) is 84.9 Å². The summed E-state index contributed by atoms with van der Waals surface area (Å²) >= 11 is 0. The molecule has 8 rings (SSSR count). The Labute approximate surface area is 459 Å². The normalized spacial score (nSPS) is 11.8. The second-order valence-electron chi connectivity index (χ2n) is 17.4. The molecular weight excluding hydrogens is 1030 g/mol. The zero-order chi connectivity index (χ0) is 53.9. The Morgan fingerprint density at radius 3 is 1.22 bits per heavy atom. The van der Waals surface area contributed by atoms with E-state index in [0.29, 0.717) is 55.8 Å². The Morgan fingerprint density at radius 2 is 0.870 bits per heavy atom. The molecule has 0 bridgehead atoms. The number of aliphatic carboxylic acids is 1. The quantitative estimate of drug-likeness (QED) is 0.0486. The minimum atomic E-state index is -3.90. The number of sulfonamides is 2. The molecule has 2 atom stereocenters. The van der Waals surface area contributed by atoms with Crippen LogP contribution in [0.4, 0.5) is 31.5 Å². The first-order chi connectivity index (χ1) is 35.9. The van der Waals surface area contributed by atoms with Crippen LogP contribution >= 0.6 is 0 Å². The molecule has 0 spiro atoms. The van der Waals surface area contributed by atoms with E-state index in [0.717, 1.165) is 11.1 Å². The molecule has 0 heterocycles. The molecule has 0 fully saturated rings. The van der Waals surface area contributed by atoms with Gasteiger partial charge in [0.2, 0.25) is 0 Å². The van der Waals surface area contributed by atoms with E-state index < -0.39 is 32.1 Å². The number of halogens is 2. The Hall–Kier alpha value is -7.66. The van der Waals surface area contributed by atoms with E-state index in [1.807, 2.05) is 53.1 Å². The van der Waals surface area contributed by atoms with Gasteiger partial charge in [0.05, 0.1) is 55.3 Å². The van der Waals surface area contributed by atoms with E-state index in [2.05, 4.69) is 9.44 Å². The van der Waals surface area contributed by atoms with Gasteiger partial charge in [0.15, 0.2) is 0 Å². The summed E-state index contributed by atoms with van der Waals surface area (Å²) in [6.45, 7) is 3.98. The summed E-state index contributed by atoms with van der Waals surface area (Å²) < 4.78 is 102. The molecule has 8 aromatic rings. The zero-order valence-corrected chi connectivity index (χ0v) is 44.8. The third kappa shape index (κ3) is 14.8. The second kappa shape index (κ2) is 26.9. The number of methoxy groups -OCH3 is 3. The molecule has 8 aromatic carbocycles. The molecule has 0 unspecified atom stereocenters. The third-order valence-electron chi connectivity index (χ3n) is 12.5. The third-order valence-corrected chi connectivity index (χ3v) is 15.2. The summed E-state index contributed by atoms with van der Waals surface area (Å²) in [5, 5.41) is 12.2. The molecule has 20 heteroatoms. The molecule has 0 saturated heterocycles. The molecule has 0 aliphatic carbocycles. The predicted octanol–water partition coefficient (Wildman–Crippen LogP) is 8.23. The van der Waals surface area contributed by atoms with Crippen molar-refractivity contribution in [3.63, 3.8) is 0 Å². The Kier molecular flexibility index (Phi) is 21.0. The molecular formula is C57H57F2LiN4O11S2. The van der Waals surface area contributed by atoms with Crippen molar-refractivity contribution in [1.29, 1.82) is 0 Å². The fourth-order valence-corrected chi connectivity index (χ4v) is 10.7. The molecule has 15 nitrogen and oxygen atoms in total. The van der Waals surface area contributed by atoms with Gasteiger partial charge in [0.25, 0.3) is 20.0 Å². The van der Waals surface area contributed by atoms with Crippen LogP contribution in [0.3, 0.4) is 0 Å². The summed E-state index contributed by atoms with van der Waals surface area (Å²) in [6.07, 6.45) is -0.0697. The number of nitrogens with one attached hydrogen (secondary N) is 2. The minimum absolute atomic E-state index is 0. The van der Waals surface area contributed by atoms with E-state index in [-0.39, 0.29) is 83.7 Å². The molecule has 0 amide bonds. The van der Waals surface area contributed by atoms with Crippen molar-refractivity contribution in [2.45, 2.75) is 61.7 Å². The standard InChI is InChI=1S/C29H29FN2O5S.C28H27FN2O5S.Li.H2O/c1-20(18-29(33)37-3)32(19-21-8-4-7-11-26(21)30)28-17-16-27(24-9-5-6-10-25(24)28)31-38(34,35)23-14-12-22(36-2)13-15-23;1-19(17-28(32)33)31(18-20-7-3-6-10-25(20)29)27-16-15-26(23-8-4-5-9-24(23)27)30-37(34,35)22-13-11-21(36-2)12-14-22;;/h4-17,20,31H,18-19H2,1-3H3;3-16,19,30H,17-18H2,1-2H3,(H,32,33);;1H2/q;;+1;/p-1/t20-;19-;;/m00../s1. The van der Waals surface area contributed by atoms with Crippen LogP contribution in [0, 0.1) is 11.6 Å². The first-order valence-corrected chi connectivity index (χ1v) is 26.6. The predicted molar refractivity (Wildman–Crippen MR) is 290 cm³/mol. The van der Waals surface area contributed by atoms with Gasteiger partial charge in [0, 0.05) is 69.2 Å². The molecule has 0 aromatic heterocycles. The van der Waals surface area contributed by atoms with Gasteiger partial charge in [-0.05, 0) is 98.8 Å². The topological polar surface area (TPSA) is 211 Å². The van der Waals surface area contributed by atoms with Gasteiger partial charge in [-0.2, -0.15) is 0 Å². The number of fused-ring (bicyclic) bond motifs is 2. The smallest absolute Gasteiger partial charge is 0.870 e. The first-order valence-electron chi connectivity index (χ1n) is 23.6. The summed E-state index contributed by atoms with van der Waals surface area (Å²) in [5.74, 6) is -1.00. The maximum Gasteiger partial charge on any atom is 1.00 e. The number of esters is 1. The van der Waals surface area contributed by atoms with Crippen LogP contribution in [0.5, 0.6) is 11.5 Å². The van der Waals surface area contributed by atoms with E-state index in [9.17, 15) is 40.3 Å². The van der Waals surface area contributed by atoms with Gasteiger partial charge in [-0.25, -0.2) is 25.6 Å². The van der Waals surface area contributed by atoms with Crippen LogP contribution in [0.1, 0.15) is 37.8 Å². The molecule has 77 heavy (non-hydrogen) atoms. The molecule has 4 N–H and O–H groups in total. The van der Waals surface area contributed by atoms with Crippen molar-refractivity contribution in [1.82, 2.24) is 0 Å². The van der Waals surface area contributed by atoms with Crippen molar-refractivity contribution in [2.24, 2.45) is 0 Å². The summed E-state index contributed by atoms with van der Waals surface area (Å²) in [6, 6.07) is 45.6. The molecule has 0 radical (unpaired) electrons. The summed E-state index contributed by atoms with van der Waals surface area (Å²) in [7, 11) is -3.44.